The second-order valence-electron chi connectivity index (χ2n) is 3.87. The van der Waals surface area contributed by atoms with Crippen molar-refractivity contribution in [2.75, 3.05) is 5.73 Å². The summed E-state index contributed by atoms with van der Waals surface area (Å²) in [5.74, 6) is -0.287. The molecular weight excluding hydrogens is 169 g/mol. The number of benzene rings is 1. The van der Waals surface area contributed by atoms with E-state index in [0.717, 1.165) is 0 Å². The van der Waals surface area contributed by atoms with E-state index in [1.807, 2.05) is 20.8 Å². The SMILES string of the molecule is CC(C)(C)Oc1c(N)cccc1F. The topological polar surface area (TPSA) is 35.2 Å². The zero-order chi connectivity index (χ0) is 10.1. The minimum absolute atomic E-state index is 0.134. The molecule has 2 nitrogen and oxygen atoms in total. The number of para-hydroxylation sites is 1. The summed E-state index contributed by atoms with van der Waals surface area (Å²) in [5, 5.41) is 0. The van der Waals surface area contributed by atoms with Crippen molar-refractivity contribution >= 4 is 5.69 Å². The maximum Gasteiger partial charge on any atom is 0.178 e. The Morgan fingerprint density at radius 2 is 1.92 bits per heavy atom. The highest BCUT2D eigenvalue weighted by Gasteiger charge is 2.16. The summed E-state index contributed by atoms with van der Waals surface area (Å²) < 4.78 is 18.5. The number of nitrogens with two attached hydrogens (primary N) is 1. The van der Waals surface area contributed by atoms with Crippen LogP contribution in [0.15, 0.2) is 18.2 Å². The number of ether oxygens (including phenoxy) is 1. The second kappa shape index (κ2) is 3.24. The van der Waals surface area contributed by atoms with Gasteiger partial charge in [-0.25, -0.2) is 4.39 Å². The summed E-state index contributed by atoms with van der Waals surface area (Å²) in [6.07, 6.45) is 0. The summed E-state index contributed by atoms with van der Waals surface area (Å²) in [5.41, 5.74) is 5.46. The minimum atomic E-state index is -0.434. The number of nitrogen functional groups attached to an aromatic ring is 1. The Bertz CT molecular complexity index is 284. The summed E-state index contributed by atoms with van der Waals surface area (Å²) in [4.78, 5) is 0. The third-order valence-corrected chi connectivity index (χ3v) is 1.41. The molecule has 72 valence electrons. The quantitative estimate of drug-likeness (QED) is 0.679. The monoisotopic (exact) mass is 183 g/mol. The van der Waals surface area contributed by atoms with Gasteiger partial charge in [-0.1, -0.05) is 6.07 Å². The average Bonchev–Trinajstić information content (AvgIpc) is 1.95. The molecule has 0 aliphatic carbocycles. The number of hydrogen-bond acceptors (Lipinski definition) is 2. The number of halogens is 1. The van der Waals surface area contributed by atoms with Crippen molar-refractivity contribution in [2.24, 2.45) is 0 Å². The maximum absolute atomic E-state index is 13.2. The van der Waals surface area contributed by atoms with E-state index in [2.05, 4.69) is 0 Å². The van der Waals surface area contributed by atoms with Crippen molar-refractivity contribution in [1.82, 2.24) is 0 Å². The third kappa shape index (κ3) is 2.61. The zero-order valence-electron chi connectivity index (χ0n) is 8.10. The molecule has 0 spiro atoms. The Kier molecular flexibility index (Phi) is 2.45. The molecule has 2 N–H and O–H groups in total. The van der Waals surface area contributed by atoms with Crippen LogP contribution in [-0.2, 0) is 0 Å². The van der Waals surface area contributed by atoms with Crippen LogP contribution in [0.1, 0.15) is 20.8 Å². The van der Waals surface area contributed by atoms with Gasteiger partial charge in [-0.05, 0) is 32.9 Å². The Hall–Kier alpha value is -1.25. The van der Waals surface area contributed by atoms with Gasteiger partial charge in [-0.2, -0.15) is 0 Å². The van der Waals surface area contributed by atoms with Gasteiger partial charge in [0.15, 0.2) is 11.6 Å². The Balaban J connectivity index is 3.00. The molecule has 0 saturated heterocycles. The smallest absolute Gasteiger partial charge is 0.178 e. The Morgan fingerprint density at radius 3 is 2.38 bits per heavy atom. The van der Waals surface area contributed by atoms with Crippen molar-refractivity contribution in [1.29, 1.82) is 0 Å². The molecule has 0 atom stereocenters. The van der Waals surface area contributed by atoms with Crippen molar-refractivity contribution in [3.8, 4) is 5.75 Å². The van der Waals surface area contributed by atoms with E-state index in [1.54, 1.807) is 12.1 Å². The van der Waals surface area contributed by atoms with E-state index in [1.165, 1.54) is 6.07 Å². The number of anilines is 1. The van der Waals surface area contributed by atoms with Crippen LogP contribution in [0.3, 0.4) is 0 Å². The predicted octanol–water partition coefficient (Wildman–Crippen LogP) is 2.59. The lowest BCUT2D eigenvalue weighted by molar-refractivity contribution is 0.125. The maximum atomic E-state index is 13.2. The molecule has 0 fully saturated rings. The van der Waals surface area contributed by atoms with Gasteiger partial charge in [-0.3, -0.25) is 0 Å². The third-order valence-electron chi connectivity index (χ3n) is 1.41. The molecule has 0 aliphatic heterocycles. The van der Waals surface area contributed by atoms with Crippen LogP contribution in [0.2, 0.25) is 0 Å². The molecule has 0 aliphatic rings. The van der Waals surface area contributed by atoms with Crippen molar-refractivity contribution < 1.29 is 9.13 Å². The molecule has 1 rings (SSSR count). The fraction of sp³-hybridized carbons (Fsp3) is 0.400. The first-order valence-electron chi connectivity index (χ1n) is 4.13. The average molecular weight is 183 g/mol. The highest BCUT2D eigenvalue weighted by molar-refractivity contribution is 5.53. The fourth-order valence-electron chi connectivity index (χ4n) is 0.939. The lowest BCUT2D eigenvalue weighted by atomic mass is 10.2. The van der Waals surface area contributed by atoms with Crippen LogP contribution in [0.5, 0.6) is 5.75 Å². The molecule has 0 bridgehead atoms. The van der Waals surface area contributed by atoms with Crippen molar-refractivity contribution in [3.05, 3.63) is 24.0 Å². The number of rotatable bonds is 1. The van der Waals surface area contributed by atoms with Gasteiger partial charge in [0.25, 0.3) is 0 Å². The minimum Gasteiger partial charge on any atom is -0.483 e. The first-order valence-corrected chi connectivity index (χ1v) is 4.13. The molecule has 0 amide bonds. The van der Waals surface area contributed by atoms with Gasteiger partial charge in [0.2, 0.25) is 0 Å². The largest absolute Gasteiger partial charge is 0.483 e. The molecule has 0 aromatic heterocycles. The predicted molar refractivity (Wildman–Crippen MR) is 51.2 cm³/mol. The van der Waals surface area contributed by atoms with Crippen LogP contribution < -0.4 is 10.5 Å². The van der Waals surface area contributed by atoms with Gasteiger partial charge in [0.05, 0.1) is 5.69 Å². The first-order chi connectivity index (χ1) is 5.90. The van der Waals surface area contributed by atoms with E-state index in [-0.39, 0.29) is 5.75 Å². The first kappa shape index (κ1) is 9.84. The molecular formula is C10H14FNO. The number of hydrogen-bond donors (Lipinski definition) is 1. The van der Waals surface area contributed by atoms with E-state index in [9.17, 15) is 4.39 Å². The highest BCUT2D eigenvalue weighted by atomic mass is 19.1. The van der Waals surface area contributed by atoms with Gasteiger partial charge >= 0.3 is 0 Å². The standard InChI is InChI=1S/C10H14FNO/c1-10(2,3)13-9-7(11)5-4-6-8(9)12/h4-6H,12H2,1-3H3. The second-order valence-corrected chi connectivity index (χ2v) is 3.87. The van der Waals surface area contributed by atoms with Gasteiger partial charge in [0, 0.05) is 0 Å². The Labute approximate surface area is 77.5 Å². The molecule has 0 radical (unpaired) electrons. The Morgan fingerprint density at radius 1 is 1.31 bits per heavy atom. The van der Waals surface area contributed by atoms with Crippen LogP contribution in [0.4, 0.5) is 10.1 Å². The molecule has 3 heteroatoms. The van der Waals surface area contributed by atoms with Crippen LogP contribution in [0.25, 0.3) is 0 Å². The van der Waals surface area contributed by atoms with E-state index in [4.69, 9.17) is 10.5 Å². The van der Waals surface area contributed by atoms with Gasteiger partial charge in [0.1, 0.15) is 5.60 Å². The van der Waals surface area contributed by atoms with Gasteiger partial charge < -0.3 is 10.5 Å². The summed E-state index contributed by atoms with van der Waals surface area (Å²) in [6.45, 7) is 5.54. The van der Waals surface area contributed by atoms with Crippen LogP contribution >= 0.6 is 0 Å². The fourth-order valence-corrected chi connectivity index (χ4v) is 0.939. The molecule has 1 aromatic rings. The molecule has 0 heterocycles. The molecule has 0 unspecified atom stereocenters. The van der Waals surface area contributed by atoms with E-state index < -0.39 is 11.4 Å². The van der Waals surface area contributed by atoms with Crippen molar-refractivity contribution in [2.45, 2.75) is 26.4 Å². The molecule has 1 aromatic carbocycles. The van der Waals surface area contributed by atoms with Crippen LogP contribution in [-0.4, -0.2) is 5.60 Å². The zero-order valence-corrected chi connectivity index (χ0v) is 8.10. The summed E-state index contributed by atoms with van der Waals surface area (Å²) in [6, 6.07) is 4.50. The lowest BCUT2D eigenvalue weighted by Gasteiger charge is -2.22. The van der Waals surface area contributed by atoms with E-state index in [0.29, 0.717) is 5.69 Å². The van der Waals surface area contributed by atoms with Gasteiger partial charge in [-0.15, -0.1) is 0 Å². The summed E-state index contributed by atoms with van der Waals surface area (Å²) in [7, 11) is 0. The normalized spacial score (nSPS) is 11.4. The van der Waals surface area contributed by atoms with E-state index >= 15 is 0 Å². The molecule has 13 heavy (non-hydrogen) atoms. The summed E-state index contributed by atoms with van der Waals surface area (Å²) >= 11 is 0. The highest BCUT2D eigenvalue weighted by Crippen LogP contribution is 2.28. The lowest BCUT2D eigenvalue weighted by Crippen LogP contribution is -2.24. The van der Waals surface area contributed by atoms with Crippen molar-refractivity contribution in [3.63, 3.8) is 0 Å². The molecule has 0 saturated carbocycles. The van der Waals surface area contributed by atoms with Crippen LogP contribution in [0, 0.1) is 5.82 Å².